The van der Waals surface area contributed by atoms with Crippen molar-refractivity contribution in [1.82, 2.24) is 4.98 Å². The van der Waals surface area contributed by atoms with Gasteiger partial charge in [-0.25, -0.2) is 4.98 Å². The Morgan fingerprint density at radius 3 is 2.65 bits per heavy atom. The maximum Gasteiger partial charge on any atom is 0.417 e. The predicted octanol–water partition coefficient (Wildman–Crippen LogP) is 2.94. The number of pyridine rings is 1. The summed E-state index contributed by atoms with van der Waals surface area (Å²) in [5.74, 6) is 0.181. The van der Waals surface area contributed by atoms with Crippen LogP contribution in [0.4, 0.5) is 19.0 Å². The highest BCUT2D eigenvalue weighted by atomic mass is 35.5. The minimum absolute atomic E-state index is 0.0214. The maximum absolute atomic E-state index is 12.3. The first-order chi connectivity index (χ1) is 7.84. The van der Waals surface area contributed by atoms with Gasteiger partial charge < -0.3 is 10.4 Å². The molecule has 1 aromatic rings. The first-order valence-electron chi connectivity index (χ1n) is 4.94. The lowest BCUT2D eigenvalue weighted by atomic mass is 10.2. The van der Waals surface area contributed by atoms with Gasteiger partial charge in [0.05, 0.1) is 10.6 Å². The van der Waals surface area contributed by atoms with Gasteiger partial charge in [0, 0.05) is 18.8 Å². The topological polar surface area (TPSA) is 45.1 Å². The Balaban J connectivity index is 2.83. The molecule has 0 fully saturated rings. The average Bonchev–Trinajstić information content (AvgIpc) is 2.20. The summed E-state index contributed by atoms with van der Waals surface area (Å²) in [5, 5.41) is 11.4. The summed E-state index contributed by atoms with van der Waals surface area (Å²) in [6.07, 6.45) is -3.27. The fourth-order valence-corrected chi connectivity index (χ4v) is 1.42. The summed E-state index contributed by atoms with van der Waals surface area (Å²) in [6, 6.07) is 0.699. The third kappa shape index (κ3) is 4.05. The molecule has 3 nitrogen and oxygen atoms in total. The molecule has 0 aliphatic rings. The van der Waals surface area contributed by atoms with Crippen LogP contribution in [0.15, 0.2) is 12.3 Å². The normalized spacial score (nSPS) is 13.5. The van der Waals surface area contributed by atoms with Crippen molar-refractivity contribution in [2.24, 2.45) is 0 Å². The number of nitrogens with zero attached hydrogens (tertiary/aromatic N) is 1. The predicted molar refractivity (Wildman–Crippen MR) is 59.0 cm³/mol. The molecule has 1 aromatic heterocycles. The molecule has 1 rings (SSSR count). The Bertz CT molecular complexity index is 384. The summed E-state index contributed by atoms with van der Waals surface area (Å²) >= 11 is 5.69. The summed E-state index contributed by atoms with van der Waals surface area (Å²) < 4.78 is 37.0. The van der Waals surface area contributed by atoms with Gasteiger partial charge in [-0.3, -0.25) is 0 Å². The Morgan fingerprint density at radius 1 is 1.53 bits per heavy atom. The van der Waals surface area contributed by atoms with Crippen LogP contribution in [0, 0.1) is 0 Å². The molecule has 0 saturated carbocycles. The largest absolute Gasteiger partial charge is 0.417 e. The van der Waals surface area contributed by atoms with E-state index in [1.54, 1.807) is 6.92 Å². The zero-order valence-corrected chi connectivity index (χ0v) is 9.81. The third-order valence-electron chi connectivity index (χ3n) is 2.11. The zero-order valence-electron chi connectivity index (χ0n) is 9.05. The van der Waals surface area contributed by atoms with Gasteiger partial charge in [0.1, 0.15) is 5.82 Å². The molecule has 0 radical (unpaired) electrons. The van der Waals surface area contributed by atoms with Gasteiger partial charge in [0.2, 0.25) is 0 Å². The number of halogens is 4. The standard InChI is InChI=1S/C10H12ClF3N2O/c1-6(2-3-17)16-9-8(11)4-7(5-15-9)10(12,13)14/h4-6,17H,2-3H2,1H3,(H,15,16). The number of anilines is 1. The van der Waals surface area contributed by atoms with Gasteiger partial charge in [0.15, 0.2) is 0 Å². The van der Waals surface area contributed by atoms with E-state index in [9.17, 15) is 13.2 Å². The fraction of sp³-hybridized carbons (Fsp3) is 0.500. The Kier molecular flexibility index (Phi) is 4.59. The molecule has 0 aliphatic heterocycles. The van der Waals surface area contributed by atoms with E-state index in [-0.39, 0.29) is 23.5 Å². The number of rotatable bonds is 4. The molecule has 2 N–H and O–H groups in total. The van der Waals surface area contributed by atoms with Crippen LogP contribution >= 0.6 is 11.6 Å². The zero-order chi connectivity index (χ0) is 13.1. The molecule has 0 spiro atoms. The molecular formula is C10H12ClF3N2O. The molecular weight excluding hydrogens is 257 g/mol. The van der Waals surface area contributed by atoms with Crippen molar-refractivity contribution in [3.63, 3.8) is 0 Å². The van der Waals surface area contributed by atoms with Gasteiger partial charge >= 0.3 is 6.18 Å². The van der Waals surface area contributed by atoms with Crippen molar-refractivity contribution in [3.05, 3.63) is 22.8 Å². The summed E-state index contributed by atoms with van der Waals surface area (Å²) in [6.45, 7) is 1.75. The second-order valence-corrected chi connectivity index (χ2v) is 4.02. The highest BCUT2D eigenvalue weighted by Crippen LogP contribution is 2.32. The second kappa shape index (κ2) is 5.55. The highest BCUT2D eigenvalue weighted by Gasteiger charge is 2.31. The summed E-state index contributed by atoms with van der Waals surface area (Å²) in [5.41, 5.74) is -0.886. The van der Waals surface area contributed by atoms with Crippen LogP contribution in [-0.4, -0.2) is 22.7 Å². The van der Waals surface area contributed by atoms with Gasteiger partial charge in [-0.1, -0.05) is 11.6 Å². The minimum atomic E-state index is -4.45. The number of alkyl halides is 3. The Morgan fingerprint density at radius 2 is 2.18 bits per heavy atom. The number of aliphatic hydroxyl groups is 1. The molecule has 17 heavy (non-hydrogen) atoms. The Labute approximate surface area is 102 Å². The van der Waals surface area contributed by atoms with Crippen molar-refractivity contribution in [2.75, 3.05) is 11.9 Å². The third-order valence-corrected chi connectivity index (χ3v) is 2.40. The second-order valence-electron chi connectivity index (χ2n) is 3.61. The molecule has 0 bridgehead atoms. The van der Waals surface area contributed by atoms with Crippen molar-refractivity contribution in [2.45, 2.75) is 25.6 Å². The van der Waals surface area contributed by atoms with E-state index in [1.807, 2.05) is 0 Å². The van der Waals surface area contributed by atoms with E-state index in [0.717, 1.165) is 12.3 Å². The van der Waals surface area contributed by atoms with Crippen LogP contribution in [0.5, 0.6) is 0 Å². The van der Waals surface area contributed by atoms with E-state index in [1.165, 1.54) is 0 Å². The van der Waals surface area contributed by atoms with E-state index in [0.29, 0.717) is 6.42 Å². The summed E-state index contributed by atoms with van der Waals surface area (Å²) in [7, 11) is 0. The van der Waals surface area contributed by atoms with Gasteiger partial charge in [0.25, 0.3) is 0 Å². The first kappa shape index (κ1) is 14.1. The molecule has 1 atom stereocenters. The monoisotopic (exact) mass is 268 g/mol. The molecule has 0 amide bonds. The van der Waals surface area contributed by atoms with Crippen LogP contribution in [0.25, 0.3) is 0 Å². The van der Waals surface area contributed by atoms with E-state index in [4.69, 9.17) is 16.7 Å². The average molecular weight is 269 g/mol. The van der Waals surface area contributed by atoms with Gasteiger partial charge in [-0.15, -0.1) is 0 Å². The van der Waals surface area contributed by atoms with Crippen molar-refractivity contribution in [3.8, 4) is 0 Å². The molecule has 0 aliphatic carbocycles. The highest BCUT2D eigenvalue weighted by molar-refractivity contribution is 6.32. The van der Waals surface area contributed by atoms with E-state index >= 15 is 0 Å². The van der Waals surface area contributed by atoms with Crippen molar-refractivity contribution < 1.29 is 18.3 Å². The lowest BCUT2D eigenvalue weighted by Crippen LogP contribution is -2.18. The molecule has 0 saturated heterocycles. The molecule has 0 aromatic carbocycles. The fourth-order valence-electron chi connectivity index (χ4n) is 1.20. The van der Waals surface area contributed by atoms with E-state index in [2.05, 4.69) is 10.3 Å². The quantitative estimate of drug-likeness (QED) is 0.882. The first-order valence-corrected chi connectivity index (χ1v) is 5.32. The molecule has 1 heterocycles. The van der Waals surface area contributed by atoms with Crippen molar-refractivity contribution >= 4 is 17.4 Å². The Hall–Kier alpha value is -1.01. The van der Waals surface area contributed by atoms with Crippen LogP contribution in [0.2, 0.25) is 5.02 Å². The van der Waals surface area contributed by atoms with Gasteiger partial charge in [-0.2, -0.15) is 13.2 Å². The number of nitrogens with one attached hydrogen (secondary N) is 1. The number of aliphatic hydroxyl groups excluding tert-OH is 1. The molecule has 1 unspecified atom stereocenters. The summed E-state index contributed by atoms with van der Waals surface area (Å²) in [4.78, 5) is 3.62. The lowest BCUT2D eigenvalue weighted by Gasteiger charge is -2.15. The lowest BCUT2D eigenvalue weighted by molar-refractivity contribution is -0.137. The van der Waals surface area contributed by atoms with Crippen molar-refractivity contribution in [1.29, 1.82) is 0 Å². The molecule has 7 heteroatoms. The molecule has 96 valence electrons. The van der Waals surface area contributed by atoms with E-state index < -0.39 is 11.7 Å². The van der Waals surface area contributed by atoms with Crippen LogP contribution in [-0.2, 0) is 6.18 Å². The van der Waals surface area contributed by atoms with Crippen LogP contribution < -0.4 is 5.32 Å². The van der Waals surface area contributed by atoms with Crippen LogP contribution in [0.3, 0.4) is 0 Å². The number of hydrogen-bond acceptors (Lipinski definition) is 3. The minimum Gasteiger partial charge on any atom is -0.396 e. The smallest absolute Gasteiger partial charge is 0.396 e. The van der Waals surface area contributed by atoms with Gasteiger partial charge in [-0.05, 0) is 19.4 Å². The SMILES string of the molecule is CC(CCO)Nc1ncc(C(F)(F)F)cc1Cl. The number of aromatic nitrogens is 1. The maximum atomic E-state index is 12.3. The van der Waals surface area contributed by atoms with Crippen LogP contribution in [0.1, 0.15) is 18.9 Å². The number of hydrogen-bond donors (Lipinski definition) is 2.